The number of hydrogen-bond acceptors (Lipinski definition) is 4. The van der Waals surface area contributed by atoms with E-state index >= 15 is 0 Å². The van der Waals surface area contributed by atoms with Gasteiger partial charge in [0.2, 0.25) is 0 Å². The minimum Gasteiger partial charge on any atom is -0.435 e. The third kappa shape index (κ3) is 4.92. The van der Waals surface area contributed by atoms with Crippen molar-refractivity contribution < 1.29 is 36.6 Å². The largest absolute Gasteiger partial charge is 0.435 e. The lowest BCUT2D eigenvalue weighted by molar-refractivity contribution is -0.136. The van der Waals surface area contributed by atoms with Crippen LogP contribution in [-0.2, 0) is 6.18 Å². The lowest BCUT2D eigenvalue weighted by atomic mass is 10.0. The average molecular weight is 418 g/mol. The fourth-order valence-corrected chi connectivity index (χ4v) is 3.53. The number of hydrogen-bond donors (Lipinski definition) is 2. The second-order valence-electron chi connectivity index (χ2n) is 7.11. The maximum Gasteiger partial charge on any atom is 0.418 e. The number of aliphatic hydroxyl groups excluding tert-OH is 1. The molecule has 1 fully saturated rings. The minimum absolute atomic E-state index is 0.0362. The van der Waals surface area contributed by atoms with E-state index in [0.717, 1.165) is 12.5 Å². The predicted octanol–water partition coefficient (Wildman–Crippen LogP) is 4.05. The molecule has 1 aliphatic carbocycles. The summed E-state index contributed by atoms with van der Waals surface area (Å²) in [7, 11) is 0. The molecule has 158 valence electrons. The summed E-state index contributed by atoms with van der Waals surface area (Å²) in [5, 5.41) is 12.1. The van der Waals surface area contributed by atoms with E-state index in [4.69, 9.17) is 0 Å². The van der Waals surface area contributed by atoms with E-state index in [0.29, 0.717) is 18.9 Å². The molecule has 1 heterocycles. The van der Waals surface area contributed by atoms with E-state index < -0.39 is 41.6 Å². The first-order valence-electron chi connectivity index (χ1n) is 8.98. The number of ether oxygens (including phenoxy) is 1. The maximum absolute atomic E-state index is 13.5. The predicted molar refractivity (Wildman–Crippen MR) is 93.8 cm³/mol. The number of nitrogens with one attached hydrogen (secondary N) is 1. The van der Waals surface area contributed by atoms with Crippen LogP contribution < -0.4 is 10.1 Å². The number of aliphatic hydroxyl groups is 1. The number of benzene rings is 1. The number of alkyl halides is 5. The Balaban J connectivity index is 1.95. The average Bonchev–Trinajstić information content (AvgIpc) is 3.03. The Labute approximate surface area is 162 Å². The molecule has 0 saturated heterocycles. The molecule has 2 atom stereocenters. The van der Waals surface area contributed by atoms with Gasteiger partial charge in [-0.25, -0.2) is 4.98 Å². The molecule has 1 aliphatic rings. The molecule has 3 rings (SSSR count). The highest BCUT2D eigenvalue weighted by Gasteiger charge is 2.35. The minimum atomic E-state index is -4.88. The van der Waals surface area contributed by atoms with Crippen LogP contribution in [0.1, 0.15) is 40.9 Å². The zero-order valence-corrected chi connectivity index (χ0v) is 15.4. The molecule has 0 bridgehead atoms. The molecule has 29 heavy (non-hydrogen) atoms. The Morgan fingerprint density at radius 2 is 2.03 bits per heavy atom. The van der Waals surface area contributed by atoms with Crippen molar-refractivity contribution in [3.05, 3.63) is 35.0 Å². The molecule has 1 unspecified atom stereocenters. The van der Waals surface area contributed by atoms with Gasteiger partial charge in [-0.15, -0.1) is 0 Å². The number of halogens is 5. The Bertz CT molecular complexity index is 917. The third-order valence-corrected chi connectivity index (χ3v) is 4.92. The normalized spacial score (nSPS) is 19.7. The summed E-state index contributed by atoms with van der Waals surface area (Å²) in [6.45, 7) is -1.54. The number of aromatic nitrogens is 1. The number of aryl methyl sites for hydroxylation is 1. The second kappa shape index (κ2) is 8.10. The molecule has 1 amide bonds. The smallest absolute Gasteiger partial charge is 0.418 e. The Morgan fingerprint density at radius 3 is 2.62 bits per heavy atom. The molecule has 10 heteroatoms. The summed E-state index contributed by atoms with van der Waals surface area (Å²) < 4.78 is 69.5. The number of rotatable bonds is 5. The number of fused-ring (bicyclic) bond motifs is 1. The van der Waals surface area contributed by atoms with Gasteiger partial charge in [0.1, 0.15) is 11.4 Å². The molecular weight excluding hydrogens is 399 g/mol. The zero-order chi connectivity index (χ0) is 21.3. The highest BCUT2D eigenvalue weighted by Crippen LogP contribution is 2.38. The van der Waals surface area contributed by atoms with Crippen LogP contribution in [0.2, 0.25) is 0 Å². The highest BCUT2D eigenvalue weighted by atomic mass is 19.4. The number of amides is 1. The van der Waals surface area contributed by atoms with Gasteiger partial charge in [-0.3, -0.25) is 4.79 Å². The molecule has 2 N–H and O–H groups in total. The van der Waals surface area contributed by atoms with Gasteiger partial charge >= 0.3 is 12.8 Å². The van der Waals surface area contributed by atoms with Crippen molar-refractivity contribution in [2.24, 2.45) is 5.92 Å². The number of carbonyl (C=O) groups is 1. The van der Waals surface area contributed by atoms with Crippen LogP contribution in [0.25, 0.3) is 10.9 Å². The van der Waals surface area contributed by atoms with Crippen molar-refractivity contribution in [3.63, 3.8) is 0 Å². The standard InChI is InChI=1S/C19H19F5N2O3/c1-9-4-15(17(28)25-8-10-2-3-11(27)5-10)26-16-13(9)6-12(29-18(20)21)7-14(16)19(22,23)24/h4,6-7,10-11,18,27H,2-3,5,8H2,1H3,(H,25,28)/t10-,11?/m0/s1. The van der Waals surface area contributed by atoms with Gasteiger partial charge in [0.05, 0.1) is 17.2 Å². The van der Waals surface area contributed by atoms with Gasteiger partial charge in [0, 0.05) is 11.9 Å². The molecule has 0 spiro atoms. The highest BCUT2D eigenvalue weighted by molar-refractivity contribution is 5.97. The number of nitrogens with zero attached hydrogens (tertiary/aromatic N) is 1. The summed E-state index contributed by atoms with van der Waals surface area (Å²) in [4.78, 5) is 16.3. The first-order valence-corrected chi connectivity index (χ1v) is 8.98. The van der Waals surface area contributed by atoms with E-state index in [9.17, 15) is 31.9 Å². The molecule has 0 radical (unpaired) electrons. The van der Waals surface area contributed by atoms with Crippen molar-refractivity contribution in [1.82, 2.24) is 10.3 Å². The maximum atomic E-state index is 13.5. The third-order valence-electron chi connectivity index (χ3n) is 4.92. The zero-order valence-electron chi connectivity index (χ0n) is 15.4. The monoisotopic (exact) mass is 418 g/mol. The van der Waals surface area contributed by atoms with E-state index in [2.05, 4.69) is 15.0 Å². The van der Waals surface area contributed by atoms with Gasteiger partial charge in [-0.05, 0) is 55.9 Å². The van der Waals surface area contributed by atoms with Crippen molar-refractivity contribution in [2.45, 2.75) is 45.1 Å². The topological polar surface area (TPSA) is 71.5 Å². The van der Waals surface area contributed by atoms with Gasteiger partial charge in [0.25, 0.3) is 5.91 Å². The van der Waals surface area contributed by atoms with Crippen LogP contribution in [0.5, 0.6) is 5.75 Å². The Morgan fingerprint density at radius 1 is 1.31 bits per heavy atom. The number of carbonyl (C=O) groups excluding carboxylic acids is 1. The van der Waals surface area contributed by atoms with Crippen LogP contribution in [0.15, 0.2) is 18.2 Å². The number of pyridine rings is 1. The summed E-state index contributed by atoms with van der Waals surface area (Å²) >= 11 is 0. The molecule has 1 saturated carbocycles. The summed E-state index contributed by atoms with van der Waals surface area (Å²) in [6, 6.07) is 2.79. The van der Waals surface area contributed by atoms with Crippen molar-refractivity contribution in [3.8, 4) is 5.75 Å². The summed E-state index contributed by atoms with van der Waals surface area (Å²) in [5.41, 5.74) is -1.72. The second-order valence-corrected chi connectivity index (χ2v) is 7.11. The Hall–Kier alpha value is -2.49. The van der Waals surface area contributed by atoms with Gasteiger partial charge in [0.15, 0.2) is 0 Å². The summed E-state index contributed by atoms with van der Waals surface area (Å²) in [5.74, 6) is -1.19. The quantitative estimate of drug-likeness (QED) is 0.719. The molecule has 5 nitrogen and oxygen atoms in total. The molecule has 1 aromatic heterocycles. The van der Waals surface area contributed by atoms with E-state index in [1.54, 1.807) is 0 Å². The fourth-order valence-electron chi connectivity index (χ4n) is 3.53. The molecular formula is C19H19F5N2O3. The molecule has 1 aromatic carbocycles. The lowest BCUT2D eigenvalue weighted by Crippen LogP contribution is -2.29. The Kier molecular flexibility index (Phi) is 5.92. The lowest BCUT2D eigenvalue weighted by Gasteiger charge is -2.16. The van der Waals surface area contributed by atoms with Gasteiger partial charge in [-0.1, -0.05) is 0 Å². The molecule has 2 aromatic rings. The van der Waals surface area contributed by atoms with Crippen molar-refractivity contribution in [1.29, 1.82) is 0 Å². The van der Waals surface area contributed by atoms with E-state index in [-0.39, 0.29) is 29.1 Å². The summed E-state index contributed by atoms with van der Waals surface area (Å²) in [6.07, 6.45) is -3.34. The first-order chi connectivity index (χ1) is 13.5. The van der Waals surface area contributed by atoms with Crippen LogP contribution in [0.3, 0.4) is 0 Å². The SMILES string of the molecule is Cc1cc(C(=O)NC[C@H]2CCC(O)C2)nc2c(C(F)(F)F)cc(OC(F)F)cc12. The van der Waals surface area contributed by atoms with Gasteiger partial charge < -0.3 is 15.2 Å². The van der Waals surface area contributed by atoms with Crippen molar-refractivity contribution in [2.75, 3.05) is 6.54 Å². The van der Waals surface area contributed by atoms with E-state index in [1.165, 1.54) is 13.0 Å². The molecule has 0 aliphatic heterocycles. The van der Waals surface area contributed by atoms with Crippen LogP contribution in [0, 0.1) is 12.8 Å². The van der Waals surface area contributed by atoms with E-state index in [1.807, 2.05) is 0 Å². The van der Waals surface area contributed by atoms with Crippen LogP contribution >= 0.6 is 0 Å². The van der Waals surface area contributed by atoms with Gasteiger partial charge in [-0.2, -0.15) is 22.0 Å². The van der Waals surface area contributed by atoms with Crippen LogP contribution in [0.4, 0.5) is 22.0 Å². The van der Waals surface area contributed by atoms with Crippen LogP contribution in [-0.4, -0.2) is 35.3 Å². The fraction of sp³-hybridized carbons (Fsp3) is 0.474. The first kappa shape index (κ1) is 21.2. The van der Waals surface area contributed by atoms with Crippen molar-refractivity contribution >= 4 is 16.8 Å².